The largest absolute Gasteiger partial charge is 0.397 e. The molecule has 0 heterocycles. The van der Waals surface area contributed by atoms with Crippen molar-refractivity contribution in [3.63, 3.8) is 0 Å². The molecule has 4 aliphatic carbocycles. The molecule has 3 N–H and O–H groups in total. The summed E-state index contributed by atoms with van der Waals surface area (Å²) in [6.45, 7) is 13.3. The molecular weight excluding hydrogens is 452 g/mol. The predicted octanol–water partition coefficient (Wildman–Crippen LogP) is 5.08. The molecule has 9 atom stereocenters. The number of fused-ring (bicyclic) bond motifs is 5. The maximum Gasteiger partial charge on any atom is 0.397 e. The van der Waals surface area contributed by atoms with Crippen LogP contribution in [0.25, 0.3) is 0 Å². The number of hydrogen-bond acceptors (Lipinski definition) is 5. The van der Waals surface area contributed by atoms with Crippen LogP contribution in [0.4, 0.5) is 0 Å². The van der Waals surface area contributed by atoms with Gasteiger partial charge in [-0.15, -0.1) is 0 Å². The van der Waals surface area contributed by atoms with Gasteiger partial charge < -0.3 is 10.2 Å². The summed E-state index contributed by atoms with van der Waals surface area (Å²) in [5.41, 5.74) is 2.54. The molecule has 0 aromatic carbocycles. The van der Waals surface area contributed by atoms with Crippen molar-refractivity contribution < 1.29 is 27.4 Å². The summed E-state index contributed by atoms with van der Waals surface area (Å²) in [7, 11) is -4.49. The molecule has 0 radical (unpaired) electrons. The Balaban J connectivity index is 1.54. The summed E-state index contributed by atoms with van der Waals surface area (Å²) in [6, 6.07) is 0. The van der Waals surface area contributed by atoms with E-state index in [0.717, 1.165) is 32.1 Å². The van der Waals surface area contributed by atoms with E-state index in [1.807, 2.05) is 0 Å². The van der Waals surface area contributed by atoms with Gasteiger partial charge in [0.15, 0.2) is 0 Å². The van der Waals surface area contributed by atoms with Gasteiger partial charge in [0, 0.05) is 0 Å². The molecule has 3 fully saturated rings. The fraction of sp³-hybridized carbons (Fsp3) is 0.852. The first-order chi connectivity index (χ1) is 15.7. The van der Waals surface area contributed by atoms with Gasteiger partial charge in [-0.3, -0.25) is 4.55 Å². The normalized spacial score (nSPS) is 43.0. The summed E-state index contributed by atoms with van der Waals surface area (Å²) < 4.78 is 36.5. The zero-order chi connectivity index (χ0) is 25.1. The molecule has 0 amide bonds. The third-order valence-corrected chi connectivity index (χ3v) is 10.5. The van der Waals surface area contributed by atoms with Crippen LogP contribution < -0.4 is 0 Å². The van der Waals surface area contributed by atoms with Crippen LogP contribution in [-0.2, 0) is 14.6 Å². The minimum atomic E-state index is -4.49. The first kappa shape index (κ1) is 26.3. The SMILES string of the molecule is C=C(CC(O)CC(C)C)C1CCC2C3CC(O)C4CC(OS(=O)(=O)O)CCC4(C)C3=CCC12C. The highest BCUT2D eigenvalue weighted by atomic mass is 32.3. The number of aliphatic hydroxyl groups is 2. The van der Waals surface area contributed by atoms with Crippen LogP contribution in [0.5, 0.6) is 0 Å². The summed E-state index contributed by atoms with van der Waals surface area (Å²) in [5.74, 6) is 1.59. The van der Waals surface area contributed by atoms with Gasteiger partial charge in [0.25, 0.3) is 0 Å². The van der Waals surface area contributed by atoms with E-state index in [9.17, 15) is 18.6 Å². The molecule has 194 valence electrons. The standard InChI is InChI=1S/C27H44O6S/c1-16(2)12-18(28)13-17(3)21-6-7-22-20-15-25(29)24-14-19(33-34(30,31)32)8-10-27(24,5)23(20)9-11-26(21,22)4/h9,16,18-22,24-25,28-29H,3,6-8,10-15H2,1-2,4-5H3,(H,30,31,32). The van der Waals surface area contributed by atoms with Gasteiger partial charge in [-0.05, 0) is 98.2 Å². The van der Waals surface area contributed by atoms with E-state index in [-0.39, 0.29) is 22.9 Å². The van der Waals surface area contributed by atoms with Crippen LogP contribution in [0.15, 0.2) is 23.8 Å². The van der Waals surface area contributed by atoms with Crippen molar-refractivity contribution in [1.82, 2.24) is 0 Å². The molecular formula is C27H44O6S. The zero-order valence-electron chi connectivity index (χ0n) is 21.2. The van der Waals surface area contributed by atoms with Crippen molar-refractivity contribution in [3.8, 4) is 0 Å². The van der Waals surface area contributed by atoms with Gasteiger partial charge >= 0.3 is 10.4 Å². The van der Waals surface area contributed by atoms with Gasteiger partial charge in [0.1, 0.15) is 0 Å². The van der Waals surface area contributed by atoms with E-state index in [1.165, 1.54) is 11.1 Å². The molecule has 0 aromatic heterocycles. The Morgan fingerprint density at radius 1 is 1.21 bits per heavy atom. The van der Waals surface area contributed by atoms with Crippen molar-refractivity contribution in [2.75, 3.05) is 0 Å². The lowest BCUT2D eigenvalue weighted by molar-refractivity contribution is -0.0768. The fourth-order valence-electron chi connectivity index (χ4n) is 8.54. The van der Waals surface area contributed by atoms with E-state index >= 15 is 0 Å². The fourth-order valence-corrected chi connectivity index (χ4v) is 9.06. The van der Waals surface area contributed by atoms with Crippen molar-refractivity contribution in [3.05, 3.63) is 23.8 Å². The second-order valence-corrected chi connectivity index (χ2v) is 13.7. The molecule has 9 unspecified atom stereocenters. The minimum absolute atomic E-state index is 0.0711. The van der Waals surface area contributed by atoms with Crippen LogP contribution >= 0.6 is 0 Å². The van der Waals surface area contributed by atoms with E-state index in [4.69, 9.17) is 8.74 Å². The lowest BCUT2D eigenvalue weighted by atomic mass is 9.48. The van der Waals surface area contributed by atoms with Crippen LogP contribution in [0.1, 0.15) is 85.5 Å². The van der Waals surface area contributed by atoms with Crippen molar-refractivity contribution in [1.29, 1.82) is 0 Å². The Labute approximate surface area is 205 Å². The highest BCUT2D eigenvalue weighted by molar-refractivity contribution is 7.80. The van der Waals surface area contributed by atoms with Crippen LogP contribution in [0.2, 0.25) is 0 Å². The second-order valence-electron chi connectivity index (χ2n) is 12.6. The molecule has 0 spiro atoms. The average molecular weight is 497 g/mol. The summed E-state index contributed by atoms with van der Waals surface area (Å²) in [5, 5.41) is 21.8. The molecule has 7 heteroatoms. The maximum atomic E-state index is 11.3. The lowest BCUT2D eigenvalue weighted by Crippen LogP contribution is -2.54. The topological polar surface area (TPSA) is 104 Å². The van der Waals surface area contributed by atoms with Gasteiger partial charge in [0.2, 0.25) is 0 Å². The third-order valence-electron chi connectivity index (χ3n) is 9.99. The predicted molar refractivity (Wildman–Crippen MR) is 132 cm³/mol. The summed E-state index contributed by atoms with van der Waals surface area (Å²) in [6.07, 6.45) is 8.10. The van der Waals surface area contributed by atoms with E-state index in [0.29, 0.717) is 49.4 Å². The first-order valence-electron chi connectivity index (χ1n) is 13.1. The third kappa shape index (κ3) is 4.80. The molecule has 34 heavy (non-hydrogen) atoms. The Morgan fingerprint density at radius 3 is 2.56 bits per heavy atom. The monoisotopic (exact) mass is 496 g/mol. The highest BCUT2D eigenvalue weighted by Crippen LogP contribution is 2.66. The Kier molecular flexibility index (Phi) is 7.20. The smallest absolute Gasteiger partial charge is 0.393 e. The van der Waals surface area contributed by atoms with Gasteiger partial charge in [-0.25, -0.2) is 4.18 Å². The molecule has 6 nitrogen and oxygen atoms in total. The molecule has 4 aliphatic rings. The van der Waals surface area contributed by atoms with Gasteiger partial charge in [0.05, 0.1) is 18.3 Å². The van der Waals surface area contributed by atoms with Crippen molar-refractivity contribution in [2.24, 2.45) is 40.4 Å². The van der Waals surface area contributed by atoms with Crippen molar-refractivity contribution >= 4 is 10.4 Å². The number of allylic oxidation sites excluding steroid dienone is 2. The van der Waals surface area contributed by atoms with E-state index in [1.54, 1.807) is 0 Å². The Hall–Kier alpha value is -0.730. The summed E-state index contributed by atoms with van der Waals surface area (Å²) in [4.78, 5) is 0. The lowest BCUT2D eigenvalue weighted by Gasteiger charge is -2.58. The second kappa shape index (κ2) is 9.29. The minimum Gasteiger partial charge on any atom is -0.393 e. The Bertz CT molecular complexity index is 925. The van der Waals surface area contributed by atoms with Crippen LogP contribution in [0.3, 0.4) is 0 Å². The number of rotatable bonds is 7. The molecule has 0 bridgehead atoms. The molecule has 0 saturated heterocycles. The molecule has 4 rings (SSSR count). The average Bonchev–Trinajstić information content (AvgIpc) is 3.05. The number of hydrogen-bond donors (Lipinski definition) is 3. The van der Waals surface area contributed by atoms with Gasteiger partial charge in [-0.2, -0.15) is 8.42 Å². The highest BCUT2D eigenvalue weighted by Gasteiger charge is 2.59. The van der Waals surface area contributed by atoms with Crippen molar-refractivity contribution in [2.45, 2.75) is 104 Å². The zero-order valence-corrected chi connectivity index (χ0v) is 22.1. The quantitative estimate of drug-likeness (QED) is 0.335. The Morgan fingerprint density at radius 2 is 1.91 bits per heavy atom. The number of aliphatic hydroxyl groups excluding tert-OH is 2. The van der Waals surface area contributed by atoms with E-state index in [2.05, 4.69) is 40.3 Å². The van der Waals surface area contributed by atoms with Crippen LogP contribution in [-0.4, -0.2) is 41.5 Å². The molecule has 3 saturated carbocycles. The molecule has 0 aliphatic heterocycles. The van der Waals surface area contributed by atoms with E-state index < -0.39 is 22.6 Å². The molecule has 0 aromatic rings. The van der Waals surface area contributed by atoms with Gasteiger partial charge in [-0.1, -0.05) is 51.5 Å². The maximum absolute atomic E-state index is 11.3. The van der Waals surface area contributed by atoms with Crippen LogP contribution in [0, 0.1) is 40.4 Å². The first-order valence-corrected chi connectivity index (χ1v) is 14.5. The summed E-state index contributed by atoms with van der Waals surface area (Å²) >= 11 is 0.